The average molecular weight is 665 g/mol. The number of nitrogens with zero attached hydrogens (tertiary/aromatic N) is 1. The number of ketones is 1. The highest BCUT2D eigenvalue weighted by Crippen LogP contribution is 2.47. The SMILES string of the molecule is CC(C)OC(=O)[C@H](C)NP(=O)(OC[C@H]1O[C@@H](N2C=CC(=O)C(COCc3ccccc3)C2=O)[C@](C)(Cl)[C@@H]1O)Oc1ccccc1. The molecular formula is C31H38ClN2O10P. The summed E-state index contributed by atoms with van der Waals surface area (Å²) in [7, 11) is -4.28. The van der Waals surface area contributed by atoms with E-state index in [9.17, 15) is 24.1 Å². The molecular weight excluding hydrogens is 627 g/mol. The highest BCUT2D eigenvalue weighted by molar-refractivity contribution is 7.52. The summed E-state index contributed by atoms with van der Waals surface area (Å²) in [6, 6.07) is 16.4. The number of nitrogens with one attached hydrogen (secondary N) is 1. The zero-order chi connectivity index (χ0) is 32.8. The lowest BCUT2D eigenvalue weighted by Crippen LogP contribution is -2.53. The second-order valence-corrected chi connectivity index (χ2v) is 13.7. The molecule has 2 unspecified atom stereocenters. The van der Waals surface area contributed by atoms with Crippen LogP contribution in [0.15, 0.2) is 72.9 Å². The molecule has 12 nitrogen and oxygen atoms in total. The van der Waals surface area contributed by atoms with Gasteiger partial charge in [0.25, 0.3) is 0 Å². The third kappa shape index (κ3) is 8.80. The van der Waals surface area contributed by atoms with Gasteiger partial charge in [-0.05, 0) is 51.5 Å². The summed E-state index contributed by atoms with van der Waals surface area (Å²) in [5.74, 6) is -2.67. The summed E-state index contributed by atoms with van der Waals surface area (Å²) in [5, 5.41) is 13.7. The zero-order valence-electron chi connectivity index (χ0n) is 25.4. The molecule has 0 bridgehead atoms. The van der Waals surface area contributed by atoms with Crippen molar-refractivity contribution >= 4 is 37.0 Å². The number of hydrogen-bond donors (Lipinski definition) is 2. The van der Waals surface area contributed by atoms with Gasteiger partial charge in [0.15, 0.2) is 12.0 Å². The van der Waals surface area contributed by atoms with Crippen LogP contribution < -0.4 is 9.61 Å². The molecule has 1 saturated heterocycles. The van der Waals surface area contributed by atoms with Crippen molar-refractivity contribution in [2.45, 2.75) is 69.8 Å². The molecule has 2 heterocycles. The van der Waals surface area contributed by atoms with Gasteiger partial charge in [-0.3, -0.25) is 23.8 Å². The average Bonchev–Trinajstić information content (AvgIpc) is 3.22. The Morgan fingerprint density at radius 3 is 2.38 bits per heavy atom. The molecule has 0 aliphatic carbocycles. The second kappa shape index (κ2) is 15.0. The number of rotatable bonds is 14. The number of alkyl halides is 1. The van der Waals surface area contributed by atoms with Gasteiger partial charge in [-0.1, -0.05) is 48.5 Å². The maximum absolute atomic E-state index is 13.9. The number of para-hydroxylation sites is 1. The summed E-state index contributed by atoms with van der Waals surface area (Å²) in [6.45, 7) is 5.81. The Morgan fingerprint density at radius 1 is 1.09 bits per heavy atom. The number of amides is 1. The first kappa shape index (κ1) is 34.8. The Bertz CT molecular complexity index is 1410. The minimum Gasteiger partial charge on any atom is -0.462 e. The first-order chi connectivity index (χ1) is 21.3. The number of benzene rings is 2. The topological polar surface area (TPSA) is 150 Å². The number of aliphatic hydroxyl groups is 1. The van der Waals surface area contributed by atoms with E-state index < -0.39 is 73.4 Å². The molecule has 0 saturated carbocycles. The van der Waals surface area contributed by atoms with E-state index in [1.165, 1.54) is 26.1 Å². The summed E-state index contributed by atoms with van der Waals surface area (Å²) < 4.78 is 42.1. The molecule has 7 atom stereocenters. The van der Waals surface area contributed by atoms with Crippen LogP contribution >= 0.6 is 19.3 Å². The minimum absolute atomic E-state index is 0.169. The van der Waals surface area contributed by atoms with E-state index in [1.807, 2.05) is 30.3 Å². The number of esters is 1. The van der Waals surface area contributed by atoms with Crippen molar-refractivity contribution in [1.29, 1.82) is 0 Å². The van der Waals surface area contributed by atoms with Crippen molar-refractivity contribution in [3.63, 3.8) is 0 Å². The fourth-order valence-corrected chi connectivity index (χ4v) is 6.52. The lowest BCUT2D eigenvalue weighted by Gasteiger charge is -2.36. The van der Waals surface area contributed by atoms with Crippen molar-refractivity contribution in [2.24, 2.45) is 5.92 Å². The maximum Gasteiger partial charge on any atom is 0.459 e. The van der Waals surface area contributed by atoms with Gasteiger partial charge < -0.3 is 23.8 Å². The van der Waals surface area contributed by atoms with Gasteiger partial charge in [0.2, 0.25) is 5.91 Å². The van der Waals surface area contributed by atoms with E-state index in [0.29, 0.717) is 0 Å². The van der Waals surface area contributed by atoms with Crippen LogP contribution in [0.25, 0.3) is 0 Å². The molecule has 2 aromatic rings. The smallest absolute Gasteiger partial charge is 0.459 e. The Balaban J connectivity index is 1.45. The lowest BCUT2D eigenvalue weighted by molar-refractivity contribution is -0.153. The highest BCUT2D eigenvalue weighted by atomic mass is 35.5. The van der Waals surface area contributed by atoms with Gasteiger partial charge in [0.05, 0.1) is 25.9 Å². The Morgan fingerprint density at radius 2 is 1.73 bits per heavy atom. The molecule has 0 aromatic heterocycles. The molecule has 0 spiro atoms. The molecule has 0 radical (unpaired) electrons. The monoisotopic (exact) mass is 664 g/mol. The number of aliphatic hydroxyl groups excluding tert-OH is 1. The Kier molecular flexibility index (Phi) is 11.6. The predicted molar refractivity (Wildman–Crippen MR) is 164 cm³/mol. The van der Waals surface area contributed by atoms with Gasteiger partial charge in [-0.15, -0.1) is 11.6 Å². The largest absolute Gasteiger partial charge is 0.462 e. The van der Waals surface area contributed by atoms with Crippen molar-refractivity contribution in [2.75, 3.05) is 13.2 Å². The van der Waals surface area contributed by atoms with Gasteiger partial charge in [-0.2, -0.15) is 5.09 Å². The quantitative estimate of drug-likeness (QED) is 0.131. The first-order valence-corrected chi connectivity index (χ1v) is 16.4. The minimum atomic E-state index is -4.28. The van der Waals surface area contributed by atoms with E-state index >= 15 is 0 Å². The van der Waals surface area contributed by atoms with E-state index in [2.05, 4.69) is 5.09 Å². The lowest BCUT2D eigenvalue weighted by atomic mass is 9.96. The van der Waals surface area contributed by atoms with Crippen LogP contribution in [0.5, 0.6) is 5.75 Å². The van der Waals surface area contributed by atoms with Crippen molar-refractivity contribution in [3.8, 4) is 5.75 Å². The molecule has 2 aliphatic rings. The molecule has 2 N–H and O–H groups in total. The van der Waals surface area contributed by atoms with Crippen LogP contribution in [0.2, 0.25) is 0 Å². The summed E-state index contributed by atoms with van der Waals surface area (Å²) in [6.07, 6.45) is -1.74. The van der Waals surface area contributed by atoms with Crippen LogP contribution in [0.4, 0.5) is 0 Å². The Labute approximate surface area is 267 Å². The van der Waals surface area contributed by atoms with Crippen LogP contribution in [0.3, 0.4) is 0 Å². The van der Waals surface area contributed by atoms with Gasteiger partial charge in [0.1, 0.15) is 34.8 Å². The van der Waals surface area contributed by atoms with Gasteiger partial charge >= 0.3 is 13.7 Å². The number of ether oxygens (including phenoxy) is 3. The summed E-state index contributed by atoms with van der Waals surface area (Å²) >= 11 is 6.75. The number of hydrogen-bond acceptors (Lipinski definition) is 10. The van der Waals surface area contributed by atoms with Crippen molar-refractivity contribution in [1.82, 2.24) is 9.99 Å². The number of carbonyl (C=O) groups is 3. The molecule has 1 amide bonds. The first-order valence-electron chi connectivity index (χ1n) is 14.5. The van der Waals surface area contributed by atoms with E-state index in [0.717, 1.165) is 10.5 Å². The third-order valence-electron chi connectivity index (χ3n) is 7.10. The molecule has 14 heteroatoms. The maximum atomic E-state index is 13.9. The standard InChI is InChI=1S/C31H38ClN2O10P/c1-20(2)42-29(38)21(3)33-45(39,44-23-13-9-6-10-14-23)41-19-26-27(36)31(4,32)30(43-26)34-16-15-25(35)24(28(34)37)18-40-17-22-11-7-5-8-12-22/h5-16,20-21,24,26-27,30,36H,17-19H2,1-4H3,(H,33,39)/t21-,24?,26+,27+,30+,31+,45?/m0/s1. The summed E-state index contributed by atoms with van der Waals surface area (Å²) in [5.41, 5.74) is 0.883. The molecule has 1 fully saturated rings. The molecule has 4 rings (SSSR count). The number of allylic oxidation sites excluding steroid dienone is 1. The number of carbonyl (C=O) groups excluding carboxylic acids is 3. The van der Waals surface area contributed by atoms with Crippen molar-refractivity contribution in [3.05, 3.63) is 78.5 Å². The molecule has 45 heavy (non-hydrogen) atoms. The van der Waals surface area contributed by atoms with E-state index in [4.69, 9.17) is 34.9 Å². The fraction of sp³-hybridized carbons (Fsp3) is 0.452. The van der Waals surface area contributed by atoms with Gasteiger partial charge in [-0.25, -0.2) is 4.57 Å². The fourth-order valence-electron chi connectivity index (χ4n) is 4.72. The number of halogens is 1. The normalized spacial score (nSPS) is 27.0. The second-order valence-electron chi connectivity index (χ2n) is 11.2. The van der Waals surface area contributed by atoms with E-state index in [1.54, 1.807) is 44.2 Å². The third-order valence-corrected chi connectivity index (χ3v) is 9.15. The van der Waals surface area contributed by atoms with Crippen LogP contribution in [-0.2, 0) is 44.3 Å². The highest BCUT2D eigenvalue weighted by Gasteiger charge is 2.57. The van der Waals surface area contributed by atoms with Crippen LogP contribution in [0, 0.1) is 5.92 Å². The molecule has 2 aromatic carbocycles. The zero-order valence-corrected chi connectivity index (χ0v) is 27.1. The summed E-state index contributed by atoms with van der Waals surface area (Å²) in [4.78, 5) is 38.1. The molecule has 244 valence electrons. The van der Waals surface area contributed by atoms with Crippen LogP contribution in [-0.4, -0.2) is 76.3 Å². The van der Waals surface area contributed by atoms with Crippen molar-refractivity contribution < 1.29 is 47.3 Å². The predicted octanol–water partition coefficient (Wildman–Crippen LogP) is 3.96. The van der Waals surface area contributed by atoms with Crippen LogP contribution in [0.1, 0.15) is 33.3 Å². The molecule has 2 aliphatic heterocycles. The van der Waals surface area contributed by atoms with E-state index in [-0.39, 0.29) is 19.0 Å². The van der Waals surface area contributed by atoms with Gasteiger partial charge in [0, 0.05) is 6.20 Å². The Hall–Kier alpha value is -3.09.